The van der Waals surface area contributed by atoms with Crippen molar-refractivity contribution in [2.24, 2.45) is 0 Å². The van der Waals surface area contributed by atoms with Gasteiger partial charge in [0, 0.05) is 5.56 Å². The molecule has 2 aromatic heterocycles. The molecule has 1 aromatic carbocycles. The standard InChI is InChI=1S/C16H15F2N3O3S/c1-10-8-13(11(2)24-10)15-9-14(16(17)18)19-21(15)20-25(22,23)12-6-4-3-5-7-12/h3-9,16,20H,1-2H3. The number of halogens is 2. The highest BCUT2D eigenvalue weighted by Crippen LogP contribution is 2.30. The van der Waals surface area contributed by atoms with Gasteiger partial charge in [-0.05, 0) is 38.1 Å². The second-order valence-corrected chi connectivity index (χ2v) is 7.06. The lowest BCUT2D eigenvalue weighted by atomic mass is 10.2. The molecule has 0 aliphatic carbocycles. The van der Waals surface area contributed by atoms with Crippen LogP contribution in [0.3, 0.4) is 0 Å². The minimum Gasteiger partial charge on any atom is -0.466 e. The second kappa shape index (κ2) is 6.32. The van der Waals surface area contributed by atoms with Crippen LogP contribution >= 0.6 is 0 Å². The molecular weight excluding hydrogens is 352 g/mol. The third-order valence-electron chi connectivity index (χ3n) is 3.53. The van der Waals surface area contributed by atoms with Crippen LogP contribution in [0.1, 0.15) is 23.6 Å². The van der Waals surface area contributed by atoms with E-state index in [0.717, 1.165) is 10.9 Å². The first-order valence-electron chi connectivity index (χ1n) is 7.31. The number of aryl methyl sites for hydroxylation is 2. The smallest absolute Gasteiger partial charge is 0.282 e. The fourth-order valence-electron chi connectivity index (χ4n) is 2.42. The minimum atomic E-state index is -3.99. The molecule has 1 N–H and O–H groups in total. The lowest BCUT2D eigenvalue weighted by molar-refractivity contribution is 0.145. The Morgan fingerprint density at radius 3 is 2.40 bits per heavy atom. The molecule has 0 aliphatic heterocycles. The predicted octanol–water partition coefficient (Wildman–Crippen LogP) is 3.63. The van der Waals surface area contributed by atoms with Crippen LogP contribution in [0.15, 0.2) is 51.8 Å². The fourth-order valence-corrected chi connectivity index (χ4v) is 3.41. The van der Waals surface area contributed by atoms with Crippen LogP contribution in [0.4, 0.5) is 8.78 Å². The van der Waals surface area contributed by atoms with E-state index in [1.807, 2.05) is 0 Å². The first kappa shape index (κ1) is 17.2. The van der Waals surface area contributed by atoms with E-state index in [1.165, 1.54) is 12.1 Å². The average Bonchev–Trinajstić information content (AvgIpc) is 3.10. The lowest BCUT2D eigenvalue weighted by Crippen LogP contribution is -2.25. The summed E-state index contributed by atoms with van der Waals surface area (Å²) in [6, 6.07) is 10.4. The molecule has 2 heterocycles. The van der Waals surface area contributed by atoms with Crippen LogP contribution in [0.25, 0.3) is 11.3 Å². The summed E-state index contributed by atoms with van der Waals surface area (Å²) in [7, 11) is -3.99. The number of hydrogen-bond donors (Lipinski definition) is 1. The van der Waals surface area contributed by atoms with Crippen LogP contribution in [0.5, 0.6) is 0 Å². The number of nitrogens with one attached hydrogen (secondary N) is 1. The van der Waals surface area contributed by atoms with Crippen molar-refractivity contribution in [3.63, 3.8) is 0 Å². The maximum absolute atomic E-state index is 13.1. The summed E-state index contributed by atoms with van der Waals surface area (Å²) in [5.41, 5.74) is 0.112. The SMILES string of the molecule is Cc1cc(-c2cc(C(F)F)nn2NS(=O)(=O)c2ccccc2)c(C)o1. The molecule has 0 spiro atoms. The molecule has 0 saturated heterocycles. The highest BCUT2D eigenvalue weighted by atomic mass is 32.2. The number of benzene rings is 1. The third-order valence-corrected chi connectivity index (χ3v) is 4.83. The zero-order valence-corrected chi connectivity index (χ0v) is 14.2. The Balaban J connectivity index is 2.08. The van der Waals surface area contributed by atoms with Crippen molar-refractivity contribution >= 4 is 10.0 Å². The minimum absolute atomic E-state index is 0.00450. The van der Waals surface area contributed by atoms with Crippen LogP contribution < -0.4 is 4.83 Å². The lowest BCUT2D eigenvalue weighted by Gasteiger charge is -2.10. The number of furan rings is 1. The van der Waals surface area contributed by atoms with Gasteiger partial charge in [-0.15, -0.1) is 0 Å². The number of rotatable bonds is 5. The van der Waals surface area contributed by atoms with Crippen LogP contribution in [-0.4, -0.2) is 18.3 Å². The largest absolute Gasteiger partial charge is 0.466 e. The summed E-state index contributed by atoms with van der Waals surface area (Å²) < 4.78 is 56.5. The van der Waals surface area contributed by atoms with Crippen molar-refractivity contribution in [2.75, 3.05) is 4.83 Å². The van der Waals surface area contributed by atoms with E-state index in [-0.39, 0.29) is 10.6 Å². The summed E-state index contributed by atoms with van der Waals surface area (Å²) in [6.45, 7) is 3.37. The van der Waals surface area contributed by atoms with Gasteiger partial charge in [0.2, 0.25) is 0 Å². The Morgan fingerprint density at radius 1 is 1.16 bits per heavy atom. The number of sulfonamides is 1. The van der Waals surface area contributed by atoms with Gasteiger partial charge in [-0.25, -0.2) is 8.78 Å². The van der Waals surface area contributed by atoms with E-state index in [1.54, 1.807) is 38.1 Å². The maximum atomic E-state index is 13.1. The maximum Gasteiger partial charge on any atom is 0.282 e. The number of nitrogens with zero attached hydrogens (tertiary/aromatic N) is 2. The molecule has 0 radical (unpaired) electrons. The van der Waals surface area contributed by atoms with Gasteiger partial charge in [0.05, 0.1) is 10.6 Å². The molecule has 0 fully saturated rings. The summed E-state index contributed by atoms with van der Waals surface area (Å²) in [4.78, 5) is 3.05. The zero-order chi connectivity index (χ0) is 18.2. The summed E-state index contributed by atoms with van der Waals surface area (Å²) in [6.07, 6.45) is -2.84. The zero-order valence-electron chi connectivity index (χ0n) is 13.4. The number of aromatic nitrogens is 2. The molecule has 6 nitrogen and oxygen atoms in total. The van der Waals surface area contributed by atoms with Crippen LogP contribution in [0.2, 0.25) is 0 Å². The van der Waals surface area contributed by atoms with Crippen LogP contribution in [0, 0.1) is 13.8 Å². The molecule has 3 rings (SSSR count). The van der Waals surface area contributed by atoms with Crippen molar-refractivity contribution in [3.8, 4) is 11.3 Å². The number of hydrogen-bond acceptors (Lipinski definition) is 4. The normalized spacial score (nSPS) is 11.9. The molecule has 0 amide bonds. The quantitative estimate of drug-likeness (QED) is 0.747. The van der Waals surface area contributed by atoms with E-state index in [4.69, 9.17) is 4.42 Å². The van der Waals surface area contributed by atoms with Gasteiger partial charge in [-0.1, -0.05) is 18.2 Å². The van der Waals surface area contributed by atoms with Gasteiger partial charge in [0.15, 0.2) is 0 Å². The topological polar surface area (TPSA) is 77.1 Å². The van der Waals surface area contributed by atoms with E-state index in [0.29, 0.717) is 17.1 Å². The Kier molecular flexibility index (Phi) is 4.34. The first-order valence-corrected chi connectivity index (χ1v) is 8.79. The first-order chi connectivity index (χ1) is 11.8. The van der Waals surface area contributed by atoms with Gasteiger partial charge in [-0.2, -0.15) is 23.1 Å². The van der Waals surface area contributed by atoms with Crippen molar-refractivity contribution in [3.05, 3.63) is 59.7 Å². The Bertz CT molecular complexity index is 995. The van der Waals surface area contributed by atoms with Gasteiger partial charge in [0.1, 0.15) is 17.2 Å². The van der Waals surface area contributed by atoms with Crippen LogP contribution in [-0.2, 0) is 10.0 Å². The molecule has 0 saturated carbocycles. The van der Waals surface area contributed by atoms with E-state index >= 15 is 0 Å². The van der Waals surface area contributed by atoms with Gasteiger partial charge in [0.25, 0.3) is 16.4 Å². The molecule has 132 valence electrons. The molecule has 0 unspecified atom stereocenters. The van der Waals surface area contributed by atoms with Crippen molar-refractivity contribution in [1.29, 1.82) is 0 Å². The number of alkyl halides is 2. The fraction of sp³-hybridized carbons (Fsp3) is 0.188. The van der Waals surface area contributed by atoms with Gasteiger partial charge < -0.3 is 4.42 Å². The summed E-state index contributed by atoms with van der Waals surface area (Å²) in [5, 5.41) is 3.68. The summed E-state index contributed by atoms with van der Waals surface area (Å²) >= 11 is 0. The predicted molar refractivity (Wildman–Crippen MR) is 87.3 cm³/mol. The molecule has 3 aromatic rings. The molecule has 25 heavy (non-hydrogen) atoms. The Hall–Kier alpha value is -2.68. The summed E-state index contributed by atoms with van der Waals surface area (Å²) in [5.74, 6) is 1.04. The molecular formula is C16H15F2N3O3S. The highest BCUT2D eigenvalue weighted by molar-refractivity contribution is 7.92. The van der Waals surface area contributed by atoms with Crippen molar-refractivity contribution in [2.45, 2.75) is 25.2 Å². The van der Waals surface area contributed by atoms with Gasteiger partial charge in [-0.3, -0.25) is 0 Å². The van der Waals surface area contributed by atoms with Crippen molar-refractivity contribution in [1.82, 2.24) is 9.89 Å². The molecule has 9 heteroatoms. The van der Waals surface area contributed by atoms with Crippen molar-refractivity contribution < 1.29 is 21.6 Å². The van der Waals surface area contributed by atoms with Gasteiger partial charge >= 0.3 is 0 Å². The molecule has 0 bridgehead atoms. The van der Waals surface area contributed by atoms with E-state index < -0.39 is 22.1 Å². The molecule has 0 atom stereocenters. The Labute approximate surface area is 143 Å². The average molecular weight is 367 g/mol. The van der Waals surface area contributed by atoms with E-state index in [2.05, 4.69) is 9.93 Å². The second-order valence-electron chi connectivity index (χ2n) is 5.40. The van der Waals surface area contributed by atoms with E-state index in [9.17, 15) is 17.2 Å². The highest BCUT2D eigenvalue weighted by Gasteiger charge is 2.23. The monoisotopic (exact) mass is 367 g/mol. The Morgan fingerprint density at radius 2 is 1.84 bits per heavy atom. The third kappa shape index (κ3) is 3.41. The molecule has 0 aliphatic rings.